The molecule has 0 aromatic heterocycles. The lowest BCUT2D eigenvalue weighted by atomic mass is 9.93. The van der Waals surface area contributed by atoms with Crippen LogP contribution in [0.2, 0.25) is 0 Å². The largest absolute Gasteiger partial charge is 0.339 e. The zero-order chi connectivity index (χ0) is 15.4. The third kappa shape index (κ3) is 3.21. The van der Waals surface area contributed by atoms with Gasteiger partial charge in [-0.1, -0.05) is 24.3 Å². The number of carbonyl (C=O) groups excluding carboxylic acids is 2. The Hall–Kier alpha value is -2.10. The van der Waals surface area contributed by atoms with Gasteiger partial charge in [0.25, 0.3) is 5.91 Å². The van der Waals surface area contributed by atoms with Gasteiger partial charge in [0.1, 0.15) is 0 Å². The van der Waals surface area contributed by atoms with Gasteiger partial charge in [0.05, 0.1) is 11.3 Å². The molecule has 1 heterocycles. The predicted octanol–water partition coefficient (Wildman–Crippen LogP) is 3.22. The molecule has 1 atom stereocenters. The quantitative estimate of drug-likeness (QED) is 0.871. The lowest BCUT2D eigenvalue weighted by Gasteiger charge is -2.20. The number of anilines is 1. The van der Waals surface area contributed by atoms with Crippen LogP contribution in [0.15, 0.2) is 36.4 Å². The van der Waals surface area contributed by atoms with Gasteiger partial charge in [0, 0.05) is 19.0 Å². The first-order chi connectivity index (χ1) is 10.8. The SMILES string of the molecule is O=C(Nc1ccccc1C(=O)N1CCCC1)C1CC=CCC1. The molecule has 1 fully saturated rings. The average molecular weight is 298 g/mol. The van der Waals surface area contributed by atoms with E-state index in [0.717, 1.165) is 45.2 Å². The van der Waals surface area contributed by atoms with E-state index in [4.69, 9.17) is 0 Å². The van der Waals surface area contributed by atoms with Crippen molar-refractivity contribution in [2.45, 2.75) is 32.1 Å². The fourth-order valence-corrected chi connectivity index (χ4v) is 3.14. The fourth-order valence-electron chi connectivity index (χ4n) is 3.14. The highest BCUT2D eigenvalue weighted by Crippen LogP contribution is 2.23. The van der Waals surface area contributed by atoms with E-state index >= 15 is 0 Å². The second-order valence-electron chi connectivity index (χ2n) is 6.02. The number of benzene rings is 1. The van der Waals surface area contributed by atoms with Gasteiger partial charge >= 0.3 is 0 Å². The number of nitrogens with zero attached hydrogens (tertiary/aromatic N) is 1. The number of nitrogens with one attached hydrogen (secondary N) is 1. The van der Waals surface area contributed by atoms with Crippen molar-refractivity contribution in [1.29, 1.82) is 0 Å². The van der Waals surface area contributed by atoms with Crippen LogP contribution in [0.5, 0.6) is 0 Å². The minimum atomic E-state index is 0.0138. The van der Waals surface area contributed by atoms with E-state index in [-0.39, 0.29) is 17.7 Å². The highest BCUT2D eigenvalue weighted by molar-refractivity contribution is 6.04. The molecular formula is C18H22N2O2. The molecule has 0 radical (unpaired) electrons. The summed E-state index contributed by atoms with van der Waals surface area (Å²) in [5, 5.41) is 2.96. The number of rotatable bonds is 3. The maximum Gasteiger partial charge on any atom is 0.255 e. The predicted molar refractivity (Wildman–Crippen MR) is 86.7 cm³/mol. The van der Waals surface area contributed by atoms with Crippen LogP contribution in [0.1, 0.15) is 42.5 Å². The van der Waals surface area contributed by atoms with E-state index in [0.29, 0.717) is 11.3 Å². The summed E-state index contributed by atoms with van der Waals surface area (Å²) in [5.41, 5.74) is 1.24. The van der Waals surface area contributed by atoms with Crippen molar-refractivity contribution in [1.82, 2.24) is 4.90 Å². The molecule has 0 spiro atoms. The zero-order valence-electron chi connectivity index (χ0n) is 12.8. The van der Waals surface area contributed by atoms with Crippen LogP contribution < -0.4 is 5.32 Å². The molecule has 0 saturated carbocycles. The highest BCUT2D eigenvalue weighted by Gasteiger charge is 2.24. The Bertz CT molecular complexity index is 589. The van der Waals surface area contributed by atoms with Gasteiger partial charge in [-0.3, -0.25) is 9.59 Å². The van der Waals surface area contributed by atoms with Gasteiger partial charge < -0.3 is 10.2 Å². The van der Waals surface area contributed by atoms with Gasteiger partial charge in [-0.05, 0) is 44.2 Å². The second kappa shape index (κ2) is 6.77. The summed E-state index contributed by atoms with van der Waals surface area (Å²) in [7, 11) is 0. The molecule has 1 unspecified atom stereocenters. The molecule has 116 valence electrons. The number of carbonyl (C=O) groups is 2. The maximum atomic E-state index is 12.6. The molecule has 2 aliphatic rings. The molecule has 1 aromatic rings. The van der Waals surface area contributed by atoms with E-state index in [2.05, 4.69) is 17.5 Å². The first-order valence-electron chi connectivity index (χ1n) is 8.10. The summed E-state index contributed by atoms with van der Waals surface area (Å²) >= 11 is 0. The molecule has 1 N–H and O–H groups in total. The summed E-state index contributed by atoms with van der Waals surface area (Å²) < 4.78 is 0. The second-order valence-corrected chi connectivity index (χ2v) is 6.02. The molecule has 2 amide bonds. The summed E-state index contributed by atoms with van der Waals surface area (Å²) in [5.74, 6) is 0.0582. The van der Waals surface area contributed by atoms with Crippen LogP contribution >= 0.6 is 0 Å². The summed E-state index contributed by atoms with van der Waals surface area (Å²) in [6, 6.07) is 7.33. The van der Waals surface area contributed by atoms with Crippen LogP contribution in [0, 0.1) is 5.92 Å². The Morgan fingerprint density at radius 3 is 2.59 bits per heavy atom. The van der Waals surface area contributed by atoms with E-state index in [1.54, 1.807) is 6.07 Å². The molecule has 3 rings (SSSR count). The standard InChI is InChI=1S/C18H22N2O2/c21-17(14-8-2-1-3-9-14)19-16-11-5-4-10-15(16)18(22)20-12-6-7-13-20/h1-2,4-5,10-11,14H,3,6-9,12-13H2,(H,19,21). The van der Waals surface area contributed by atoms with E-state index in [9.17, 15) is 9.59 Å². The van der Waals surface area contributed by atoms with Gasteiger partial charge in [-0.25, -0.2) is 0 Å². The van der Waals surface area contributed by atoms with Crippen molar-refractivity contribution in [2.24, 2.45) is 5.92 Å². The molecule has 4 heteroatoms. The monoisotopic (exact) mass is 298 g/mol. The third-order valence-electron chi connectivity index (χ3n) is 4.45. The molecule has 22 heavy (non-hydrogen) atoms. The molecule has 1 aliphatic carbocycles. The number of likely N-dealkylation sites (tertiary alicyclic amines) is 1. The van der Waals surface area contributed by atoms with Crippen molar-refractivity contribution >= 4 is 17.5 Å². The number of allylic oxidation sites excluding steroid dienone is 2. The van der Waals surface area contributed by atoms with Gasteiger partial charge in [-0.2, -0.15) is 0 Å². The van der Waals surface area contributed by atoms with E-state index in [1.165, 1.54) is 0 Å². The number of para-hydroxylation sites is 1. The molecule has 1 saturated heterocycles. The van der Waals surface area contributed by atoms with Gasteiger partial charge in [0.15, 0.2) is 0 Å². The molecule has 0 bridgehead atoms. The average Bonchev–Trinajstić information content (AvgIpc) is 3.10. The third-order valence-corrected chi connectivity index (χ3v) is 4.45. The maximum absolute atomic E-state index is 12.6. The smallest absolute Gasteiger partial charge is 0.255 e. The minimum absolute atomic E-state index is 0.0138. The first kappa shape index (κ1) is 14.8. The number of hydrogen-bond acceptors (Lipinski definition) is 2. The van der Waals surface area contributed by atoms with Gasteiger partial charge in [0.2, 0.25) is 5.91 Å². The lowest BCUT2D eigenvalue weighted by molar-refractivity contribution is -0.120. The Balaban J connectivity index is 1.74. The van der Waals surface area contributed by atoms with Gasteiger partial charge in [-0.15, -0.1) is 0 Å². The van der Waals surface area contributed by atoms with Crippen LogP contribution in [-0.2, 0) is 4.79 Å². The normalized spacial score (nSPS) is 20.9. The van der Waals surface area contributed by atoms with Crippen LogP contribution in [-0.4, -0.2) is 29.8 Å². The topological polar surface area (TPSA) is 49.4 Å². The fraction of sp³-hybridized carbons (Fsp3) is 0.444. The number of amides is 2. The molecular weight excluding hydrogens is 276 g/mol. The Kier molecular flexibility index (Phi) is 4.56. The molecule has 4 nitrogen and oxygen atoms in total. The zero-order valence-corrected chi connectivity index (χ0v) is 12.8. The van der Waals surface area contributed by atoms with Crippen LogP contribution in [0.4, 0.5) is 5.69 Å². The Morgan fingerprint density at radius 1 is 1.09 bits per heavy atom. The van der Waals surface area contributed by atoms with Crippen molar-refractivity contribution in [2.75, 3.05) is 18.4 Å². The summed E-state index contributed by atoms with van der Waals surface area (Å²) in [6.07, 6.45) is 8.93. The molecule has 1 aromatic carbocycles. The minimum Gasteiger partial charge on any atom is -0.339 e. The Labute approximate surface area is 131 Å². The van der Waals surface area contributed by atoms with Crippen molar-refractivity contribution in [3.8, 4) is 0 Å². The lowest BCUT2D eigenvalue weighted by Crippen LogP contribution is -2.30. The first-order valence-corrected chi connectivity index (χ1v) is 8.10. The summed E-state index contributed by atoms with van der Waals surface area (Å²) in [4.78, 5) is 26.9. The van der Waals surface area contributed by atoms with E-state index < -0.39 is 0 Å². The van der Waals surface area contributed by atoms with Crippen molar-refractivity contribution in [3.63, 3.8) is 0 Å². The molecule has 1 aliphatic heterocycles. The summed E-state index contributed by atoms with van der Waals surface area (Å²) in [6.45, 7) is 1.63. The highest BCUT2D eigenvalue weighted by atomic mass is 16.2. The van der Waals surface area contributed by atoms with E-state index in [1.807, 2.05) is 23.1 Å². The van der Waals surface area contributed by atoms with Crippen molar-refractivity contribution in [3.05, 3.63) is 42.0 Å². The van der Waals surface area contributed by atoms with Crippen molar-refractivity contribution < 1.29 is 9.59 Å². The number of hydrogen-bond donors (Lipinski definition) is 1. The van der Waals surface area contributed by atoms with Crippen LogP contribution in [0.3, 0.4) is 0 Å². The van der Waals surface area contributed by atoms with Crippen LogP contribution in [0.25, 0.3) is 0 Å². The Morgan fingerprint density at radius 2 is 1.86 bits per heavy atom.